The zero-order valence-corrected chi connectivity index (χ0v) is 12.6. The summed E-state index contributed by atoms with van der Waals surface area (Å²) < 4.78 is 32.0. The number of methoxy groups -OCH3 is 1. The fourth-order valence-corrected chi connectivity index (χ4v) is 2.62. The Morgan fingerprint density at radius 2 is 1.90 bits per heavy atom. The molecule has 0 aliphatic heterocycles. The number of esters is 1. The SMILES string of the molecule is COC(=O)COc1ccc(NC(C)CS(C)(=O)=O)cc1. The predicted molar refractivity (Wildman–Crippen MR) is 76.7 cm³/mol. The Morgan fingerprint density at radius 1 is 1.30 bits per heavy atom. The molecule has 0 aliphatic rings. The van der Waals surface area contributed by atoms with Crippen LogP contribution in [0.25, 0.3) is 0 Å². The molecule has 0 spiro atoms. The maximum atomic E-state index is 11.2. The van der Waals surface area contributed by atoms with Crippen LogP contribution < -0.4 is 10.1 Å². The summed E-state index contributed by atoms with van der Waals surface area (Å²) in [7, 11) is -1.72. The molecule has 1 rings (SSSR count). The smallest absolute Gasteiger partial charge is 0.343 e. The molecule has 0 amide bonds. The number of sulfone groups is 1. The first-order valence-corrected chi connectivity index (χ1v) is 8.10. The Bertz CT molecular complexity index is 538. The van der Waals surface area contributed by atoms with Crippen LogP contribution in [-0.4, -0.2) is 46.2 Å². The lowest BCUT2D eigenvalue weighted by Gasteiger charge is -2.14. The normalized spacial score (nSPS) is 12.6. The van der Waals surface area contributed by atoms with Crippen LogP contribution in [0.1, 0.15) is 6.92 Å². The molecule has 0 aliphatic carbocycles. The molecule has 0 saturated carbocycles. The van der Waals surface area contributed by atoms with Gasteiger partial charge >= 0.3 is 5.97 Å². The van der Waals surface area contributed by atoms with Gasteiger partial charge in [-0.05, 0) is 31.2 Å². The number of carbonyl (C=O) groups is 1. The van der Waals surface area contributed by atoms with Crippen molar-refractivity contribution in [2.45, 2.75) is 13.0 Å². The van der Waals surface area contributed by atoms with Gasteiger partial charge in [-0.2, -0.15) is 0 Å². The molecular formula is C13H19NO5S. The lowest BCUT2D eigenvalue weighted by atomic mass is 10.2. The second-order valence-corrected chi connectivity index (χ2v) is 6.71. The Hall–Kier alpha value is -1.76. The Labute approximate surface area is 119 Å². The van der Waals surface area contributed by atoms with Gasteiger partial charge in [0.2, 0.25) is 0 Å². The molecule has 7 heteroatoms. The average Bonchev–Trinajstić information content (AvgIpc) is 2.35. The Balaban J connectivity index is 2.52. The molecule has 1 N–H and O–H groups in total. The summed E-state index contributed by atoms with van der Waals surface area (Å²) in [6.07, 6.45) is 1.20. The molecule has 1 aromatic carbocycles. The van der Waals surface area contributed by atoms with Crippen LogP contribution in [0.4, 0.5) is 5.69 Å². The van der Waals surface area contributed by atoms with E-state index in [1.807, 2.05) is 0 Å². The molecule has 0 fully saturated rings. The van der Waals surface area contributed by atoms with Crippen molar-refractivity contribution in [3.05, 3.63) is 24.3 Å². The maximum absolute atomic E-state index is 11.2. The van der Waals surface area contributed by atoms with Crippen molar-refractivity contribution in [3.8, 4) is 5.75 Å². The largest absolute Gasteiger partial charge is 0.482 e. The number of benzene rings is 1. The van der Waals surface area contributed by atoms with Gasteiger partial charge in [0.25, 0.3) is 0 Å². The Morgan fingerprint density at radius 3 is 2.40 bits per heavy atom. The van der Waals surface area contributed by atoms with Crippen LogP contribution in [0.3, 0.4) is 0 Å². The van der Waals surface area contributed by atoms with Crippen molar-refractivity contribution in [2.24, 2.45) is 0 Å². The van der Waals surface area contributed by atoms with E-state index in [0.29, 0.717) is 5.75 Å². The summed E-state index contributed by atoms with van der Waals surface area (Å²) in [6.45, 7) is 1.65. The number of hydrogen-bond acceptors (Lipinski definition) is 6. The summed E-state index contributed by atoms with van der Waals surface area (Å²) in [5.74, 6) is 0.152. The van der Waals surface area contributed by atoms with Crippen LogP contribution >= 0.6 is 0 Å². The quantitative estimate of drug-likeness (QED) is 0.759. The molecule has 0 bridgehead atoms. The van der Waals surface area contributed by atoms with Gasteiger partial charge < -0.3 is 14.8 Å². The lowest BCUT2D eigenvalue weighted by molar-refractivity contribution is -0.142. The van der Waals surface area contributed by atoms with Crippen LogP contribution in [0, 0.1) is 0 Å². The second-order valence-electron chi connectivity index (χ2n) is 4.53. The summed E-state index contributed by atoms with van der Waals surface area (Å²) in [5.41, 5.74) is 0.784. The van der Waals surface area contributed by atoms with Gasteiger partial charge in [0, 0.05) is 18.0 Å². The average molecular weight is 301 g/mol. The molecule has 0 saturated heterocycles. The molecule has 1 atom stereocenters. The highest BCUT2D eigenvalue weighted by molar-refractivity contribution is 7.90. The summed E-state index contributed by atoms with van der Waals surface area (Å²) in [5, 5.41) is 3.08. The molecule has 112 valence electrons. The highest BCUT2D eigenvalue weighted by Crippen LogP contribution is 2.16. The number of rotatable bonds is 7. The molecule has 0 radical (unpaired) electrons. The minimum Gasteiger partial charge on any atom is -0.482 e. The fraction of sp³-hybridized carbons (Fsp3) is 0.462. The maximum Gasteiger partial charge on any atom is 0.343 e. The van der Waals surface area contributed by atoms with E-state index in [9.17, 15) is 13.2 Å². The molecule has 0 heterocycles. The van der Waals surface area contributed by atoms with Crippen LogP contribution in [0.15, 0.2) is 24.3 Å². The van der Waals surface area contributed by atoms with Gasteiger partial charge in [-0.15, -0.1) is 0 Å². The third-order valence-electron chi connectivity index (χ3n) is 2.40. The van der Waals surface area contributed by atoms with Crippen molar-refractivity contribution in [3.63, 3.8) is 0 Å². The highest BCUT2D eigenvalue weighted by atomic mass is 32.2. The fourth-order valence-electron chi connectivity index (χ4n) is 1.63. The lowest BCUT2D eigenvalue weighted by Crippen LogP contribution is -2.24. The van der Waals surface area contributed by atoms with E-state index in [1.54, 1.807) is 31.2 Å². The number of anilines is 1. The van der Waals surface area contributed by atoms with Crippen molar-refractivity contribution in [1.82, 2.24) is 0 Å². The first kappa shape index (κ1) is 16.3. The first-order chi connectivity index (χ1) is 9.30. The number of ether oxygens (including phenoxy) is 2. The van der Waals surface area contributed by atoms with Crippen LogP contribution in [0.5, 0.6) is 5.75 Å². The molecule has 0 aromatic heterocycles. The summed E-state index contributed by atoms with van der Waals surface area (Å²) in [4.78, 5) is 10.9. The van der Waals surface area contributed by atoms with Crippen molar-refractivity contribution in [1.29, 1.82) is 0 Å². The van der Waals surface area contributed by atoms with E-state index in [4.69, 9.17) is 4.74 Å². The van der Waals surface area contributed by atoms with Crippen molar-refractivity contribution >= 4 is 21.5 Å². The predicted octanol–water partition coefficient (Wildman–Crippen LogP) is 1.08. The number of nitrogens with one attached hydrogen (secondary N) is 1. The van der Waals surface area contributed by atoms with Gasteiger partial charge in [-0.3, -0.25) is 0 Å². The topological polar surface area (TPSA) is 81.7 Å². The van der Waals surface area contributed by atoms with E-state index < -0.39 is 15.8 Å². The van der Waals surface area contributed by atoms with Crippen LogP contribution in [-0.2, 0) is 19.4 Å². The minimum atomic E-state index is -3.01. The Kier molecular flexibility index (Phi) is 5.82. The summed E-state index contributed by atoms with van der Waals surface area (Å²) in [6, 6.07) is 6.71. The van der Waals surface area contributed by atoms with E-state index in [2.05, 4.69) is 10.1 Å². The van der Waals surface area contributed by atoms with Crippen molar-refractivity contribution in [2.75, 3.05) is 31.0 Å². The van der Waals surface area contributed by atoms with E-state index in [1.165, 1.54) is 13.4 Å². The van der Waals surface area contributed by atoms with E-state index in [0.717, 1.165) is 5.69 Å². The van der Waals surface area contributed by atoms with Gasteiger partial charge in [-0.25, -0.2) is 13.2 Å². The minimum absolute atomic E-state index is 0.0631. The highest BCUT2D eigenvalue weighted by Gasteiger charge is 2.10. The van der Waals surface area contributed by atoms with E-state index in [-0.39, 0.29) is 18.4 Å². The third kappa shape index (κ3) is 6.42. The standard InChI is InChI=1S/C13H19NO5S/c1-10(9-20(3,16)17)14-11-4-6-12(7-5-11)19-8-13(15)18-2/h4-7,10,14H,8-9H2,1-3H3. The monoisotopic (exact) mass is 301 g/mol. The number of hydrogen-bond donors (Lipinski definition) is 1. The van der Waals surface area contributed by atoms with Gasteiger partial charge in [0.1, 0.15) is 15.6 Å². The molecular weight excluding hydrogens is 282 g/mol. The van der Waals surface area contributed by atoms with E-state index >= 15 is 0 Å². The molecule has 1 unspecified atom stereocenters. The third-order valence-corrected chi connectivity index (χ3v) is 3.51. The molecule has 6 nitrogen and oxygen atoms in total. The van der Waals surface area contributed by atoms with Gasteiger partial charge in [0.15, 0.2) is 6.61 Å². The van der Waals surface area contributed by atoms with Gasteiger partial charge in [0.05, 0.1) is 12.9 Å². The number of carbonyl (C=O) groups excluding carboxylic acids is 1. The second kappa shape index (κ2) is 7.14. The summed E-state index contributed by atoms with van der Waals surface area (Å²) >= 11 is 0. The van der Waals surface area contributed by atoms with Crippen molar-refractivity contribution < 1.29 is 22.7 Å². The van der Waals surface area contributed by atoms with Gasteiger partial charge in [-0.1, -0.05) is 0 Å². The van der Waals surface area contributed by atoms with Crippen LogP contribution in [0.2, 0.25) is 0 Å². The zero-order chi connectivity index (χ0) is 15.2. The first-order valence-electron chi connectivity index (χ1n) is 6.04. The molecule has 1 aromatic rings. The zero-order valence-electron chi connectivity index (χ0n) is 11.8. The molecule has 20 heavy (non-hydrogen) atoms.